The number of hydrogen-bond donors (Lipinski definition) is 1. The lowest BCUT2D eigenvalue weighted by atomic mass is 9.86. The van der Waals surface area contributed by atoms with E-state index in [1.54, 1.807) is 6.07 Å². The standard InChI is InChI=1S/C25H28F2N2O/c1-6-21-23(17-8-10-18(11-9-17)25(3,4)5)22(24(28)30)15(2)29(21)14-16-7-12-19(26)20(27)13-16/h7-13H,6,14H2,1-5H3,(H2,28,30). The third kappa shape index (κ3) is 4.02. The number of carbonyl (C=O) groups excluding carboxylic acids is 1. The van der Waals surface area contributed by atoms with Gasteiger partial charge in [-0.25, -0.2) is 8.78 Å². The van der Waals surface area contributed by atoms with E-state index < -0.39 is 17.5 Å². The Kier molecular flexibility index (Phi) is 5.84. The lowest BCUT2D eigenvalue weighted by Crippen LogP contribution is -2.14. The lowest BCUT2D eigenvalue weighted by molar-refractivity contribution is 0.1000. The van der Waals surface area contributed by atoms with Crippen molar-refractivity contribution >= 4 is 5.91 Å². The zero-order chi connectivity index (χ0) is 22.2. The number of benzene rings is 2. The molecule has 0 aliphatic rings. The monoisotopic (exact) mass is 410 g/mol. The van der Waals surface area contributed by atoms with Crippen molar-refractivity contribution in [2.24, 2.45) is 5.73 Å². The normalized spacial score (nSPS) is 11.7. The van der Waals surface area contributed by atoms with E-state index in [9.17, 15) is 13.6 Å². The Balaban J connectivity index is 2.16. The largest absolute Gasteiger partial charge is 0.366 e. The molecule has 0 aliphatic carbocycles. The van der Waals surface area contributed by atoms with Gasteiger partial charge < -0.3 is 10.3 Å². The first-order valence-electron chi connectivity index (χ1n) is 10.1. The molecule has 0 aliphatic heterocycles. The van der Waals surface area contributed by atoms with Crippen LogP contribution in [0.2, 0.25) is 0 Å². The van der Waals surface area contributed by atoms with Crippen LogP contribution in [-0.2, 0) is 18.4 Å². The van der Waals surface area contributed by atoms with Crippen LogP contribution in [0.1, 0.15) is 60.6 Å². The van der Waals surface area contributed by atoms with Gasteiger partial charge in [-0.3, -0.25) is 4.79 Å². The molecule has 5 heteroatoms. The van der Waals surface area contributed by atoms with E-state index in [2.05, 4.69) is 32.9 Å². The molecule has 0 radical (unpaired) electrons. The summed E-state index contributed by atoms with van der Waals surface area (Å²) in [5.41, 5.74) is 11.5. The predicted molar refractivity (Wildman–Crippen MR) is 117 cm³/mol. The number of amides is 1. The van der Waals surface area contributed by atoms with Gasteiger partial charge in [0.25, 0.3) is 5.91 Å². The summed E-state index contributed by atoms with van der Waals surface area (Å²) in [6, 6.07) is 12.0. The highest BCUT2D eigenvalue weighted by Gasteiger charge is 2.24. The van der Waals surface area contributed by atoms with E-state index in [1.165, 1.54) is 11.6 Å². The fourth-order valence-electron chi connectivity index (χ4n) is 3.95. The predicted octanol–water partition coefficient (Wildman–Crippen LogP) is 5.75. The van der Waals surface area contributed by atoms with Gasteiger partial charge in [0.2, 0.25) is 0 Å². The molecule has 158 valence electrons. The SMILES string of the molecule is CCc1c(-c2ccc(C(C)(C)C)cc2)c(C(N)=O)c(C)n1Cc1ccc(F)c(F)c1. The Morgan fingerprint density at radius 3 is 2.17 bits per heavy atom. The zero-order valence-electron chi connectivity index (χ0n) is 18.1. The van der Waals surface area contributed by atoms with Gasteiger partial charge in [-0.2, -0.15) is 0 Å². The van der Waals surface area contributed by atoms with Crippen LogP contribution >= 0.6 is 0 Å². The summed E-state index contributed by atoms with van der Waals surface area (Å²) >= 11 is 0. The van der Waals surface area contributed by atoms with Crippen LogP contribution in [0.15, 0.2) is 42.5 Å². The van der Waals surface area contributed by atoms with Crippen LogP contribution in [0.3, 0.4) is 0 Å². The third-order valence-electron chi connectivity index (χ3n) is 5.58. The Bertz CT molecular complexity index is 1090. The number of rotatable bonds is 5. The summed E-state index contributed by atoms with van der Waals surface area (Å²) in [6.07, 6.45) is 0.661. The van der Waals surface area contributed by atoms with E-state index in [-0.39, 0.29) is 5.41 Å². The van der Waals surface area contributed by atoms with Gasteiger partial charge in [-0.15, -0.1) is 0 Å². The molecule has 1 amide bonds. The molecule has 0 spiro atoms. The Hall–Kier alpha value is -2.95. The molecule has 0 saturated carbocycles. The van der Waals surface area contributed by atoms with Crippen molar-refractivity contribution in [3.05, 3.63) is 82.2 Å². The Labute approximate surface area is 176 Å². The third-order valence-corrected chi connectivity index (χ3v) is 5.58. The fourth-order valence-corrected chi connectivity index (χ4v) is 3.95. The van der Waals surface area contributed by atoms with Gasteiger partial charge >= 0.3 is 0 Å². The van der Waals surface area contributed by atoms with Crippen molar-refractivity contribution in [2.45, 2.75) is 53.0 Å². The van der Waals surface area contributed by atoms with Gasteiger partial charge in [0.1, 0.15) is 0 Å². The van der Waals surface area contributed by atoms with Gasteiger partial charge in [-0.1, -0.05) is 58.0 Å². The van der Waals surface area contributed by atoms with Crippen molar-refractivity contribution in [1.29, 1.82) is 0 Å². The average molecular weight is 411 g/mol. The summed E-state index contributed by atoms with van der Waals surface area (Å²) in [5.74, 6) is -2.26. The molecule has 3 aromatic rings. The quantitative estimate of drug-likeness (QED) is 0.572. The van der Waals surface area contributed by atoms with Crippen LogP contribution in [0, 0.1) is 18.6 Å². The number of aromatic nitrogens is 1. The number of nitrogens with zero attached hydrogens (tertiary/aromatic N) is 1. The van der Waals surface area contributed by atoms with Gasteiger partial charge in [0, 0.05) is 23.5 Å². The summed E-state index contributed by atoms with van der Waals surface area (Å²) in [6.45, 7) is 10.6. The minimum Gasteiger partial charge on any atom is -0.366 e. The minimum atomic E-state index is -0.886. The van der Waals surface area contributed by atoms with Crippen LogP contribution in [0.4, 0.5) is 8.78 Å². The molecule has 3 nitrogen and oxygen atoms in total. The maximum atomic E-state index is 13.7. The first kappa shape index (κ1) is 21.8. The van der Waals surface area contributed by atoms with Gasteiger partial charge in [-0.05, 0) is 47.6 Å². The Morgan fingerprint density at radius 2 is 1.67 bits per heavy atom. The highest BCUT2D eigenvalue weighted by atomic mass is 19.2. The average Bonchev–Trinajstić information content (AvgIpc) is 2.96. The van der Waals surface area contributed by atoms with Gasteiger partial charge in [0.05, 0.1) is 5.56 Å². The summed E-state index contributed by atoms with van der Waals surface area (Å²) < 4.78 is 29.0. The summed E-state index contributed by atoms with van der Waals surface area (Å²) in [7, 11) is 0. The minimum absolute atomic E-state index is 0.0210. The highest BCUT2D eigenvalue weighted by molar-refractivity contribution is 6.02. The first-order valence-corrected chi connectivity index (χ1v) is 10.1. The van der Waals surface area contributed by atoms with E-state index in [0.717, 1.165) is 28.6 Å². The molecule has 0 fully saturated rings. The van der Waals surface area contributed by atoms with Gasteiger partial charge in [0.15, 0.2) is 11.6 Å². The van der Waals surface area contributed by atoms with Crippen LogP contribution in [0.25, 0.3) is 11.1 Å². The molecule has 0 atom stereocenters. The van der Waals surface area contributed by atoms with Crippen LogP contribution in [0.5, 0.6) is 0 Å². The fraction of sp³-hybridized carbons (Fsp3) is 0.320. The van der Waals surface area contributed by atoms with Crippen LogP contribution < -0.4 is 5.73 Å². The second kappa shape index (κ2) is 8.05. The molecule has 3 rings (SSSR count). The molecule has 0 bridgehead atoms. The number of primary amides is 1. The Morgan fingerprint density at radius 1 is 1.03 bits per heavy atom. The van der Waals surface area contributed by atoms with Crippen molar-refractivity contribution in [1.82, 2.24) is 4.57 Å². The number of nitrogens with two attached hydrogens (primary N) is 1. The van der Waals surface area contributed by atoms with Crippen molar-refractivity contribution in [3.63, 3.8) is 0 Å². The van der Waals surface area contributed by atoms with Crippen molar-refractivity contribution in [2.75, 3.05) is 0 Å². The zero-order valence-corrected chi connectivity index (χ0v) is 18.1. The van der Waals surface area contributed by atoms with E-state index >= 15 is 0 Å². The maximum absolute atomic E-state index is 13.7. The molecule has 1 aromatic heterocycles. The molecular formula is C25H28F2N2O. The van der Waals surface area contributed by atoms with E-state index in [1.807, 2.05) is 30.5 Å². The topological polar surface area (TPSA) is 48.0 Å². The van der Waals surface area contributed by atoms with Crippen LogP contribution in [-0.4, -0.2) is 10.5 Å². The van der Waals surface area contributed by atoms with E-state index in [4.69, 9.17) is 5.73 Å². The lowest BCUT2D eigenvalue weighted by Gasteiger charge is -2.19. The molecule has 0 saturated heterocycles. The molecule has 0 unspecified atom stereocenters. The summed E-state index contributed by atoms with van der Waals surface area (Å²) in [5, 5.41) is 0. The first-order chi connectivity index (χ1) is 14.0. The number of halogens is 2. The van der Waals surface area contributed by atoms with Crippen molar-refractivity contribution < 1.29 is 13.6 Å². The molecule has 2 aromatic carbocycles. The summed E-state index contributed by atoms with van der Waals surface area (Å²) in [4.78, 5) is 12.4. The maximum Gasteiger partial charge on any atom is 0.251 e. The number of carbonyl (C=O) groups is 1. The molecule has 2 N–H and O–H groups in total. The highest BCUT2D eigenvalue weighted by Crippen LogP contribution is 2.35. The number of hydrogen-bond acceptors (Lipinski definition) is 1. The molecule has 30 heavy (non-hydrogen) atoms. The molecular weight excluding hydrogens is 382 g/mol. The van der Waals surface area contributed by atoms with Crippen molar-refractivity contribution in [3.8, 4) is 11.1 Å². The second-order valence-electron chi connectivity index (χ2n) is 8.66. The second-order valence-corrected chi connectivity index (χ2v) is 8.66. The van der Waals surface area contributed by atoms with E-state index in [0.29, 0.717) is 24.1 Å². The smallest absolute Gasteiger partial charge is 0.251 e. The molecule has 1 heterocycles.